The number of Topliss-reactive ketones (excluding diaryl/α,β-unsaturated/α-hetero) is 1. The molecule has 6 nitrogen and oxygen atoms in total. The van der Waals surface area contributed by atoms with Crippen LogP contribution in [0.1, 0.15) is 37.4 Å². The van der Waals surface area contributed by atoms with Gasteiger partial charge in [-0.15, -0.1) is 0 Å². The van der Waals surface area contributed by atoms with Gasteiger partial charge in [0.1, 0.15) is 16.9 Å². The molecule has 0 saturated heterocycles. The van der Waals surface area contributed by atoms with Crippen molar-refractivity contribution in [2.24, 2.45) is 0 Å². The minimum atomic E-state index is -1.35. The molecule has 4 aromatic rings. The zero-order valence-electron chi connectivity index (χ0n) is 18.2. The number of aliphatic carboxylic acids is 1. The molecular formula is C29H18O6. The van der Waals surface area contributed by atoms with Crippen molar-refractivity contribution in [2.45, 2.75) is 0 Å². The molecule has 6 heteroatoms. The summed E-state index contributed by atoms with van der Waals surface area (Å²) in [5, 5.41) is 31.2. The van der Waals surface area contributed by atoms with Crippen molar-refractivity contribution >= 4 is 39.6 Å². The molecule has 0 atom stereocenters. The molecule has 4 aromatic carbocycles. The van der Waals surface area contributed by atoms with E-state index in [1.54, 1.807) is 48.5 Å². The lowest BCUT2D eigenvalue weighted by Gasteiger charge is -2.22. The minimum Gasteiger partial charge on any atom is -0.506 e. The van der Waals surface area contributed by atoms with E-state index in [9.17, 15) is 29.7 Å². The van der Waals surface area contributed by atoms with Gasteiger partial charge in [-0.25, -0.2) is 9.59 Å². The highest BCUT2D eigenvalue weighted by Crippen LogP contribution is 2.43. The largest absolute Gasteiger partial charge is 0.506 e. The molecular weight excluding hydrogens is 444 g/mol. The van der Waals surface area contributed by atoms with Crippen molar-refractivity contribution in [1.82, 2.24) is 0 Å². The first-order valence-corrected chi connectivity index (χ1v) is 10.8. The van der Waals surface area contributed by atoms with Crippen LogP contribution in [0.25, 0.3) is 21.9 Å². The Morgan fingerprint density at radius 1 is 0.657 bits per heavy atom. The van der Waals surface area contributed by atoms with Crippen LogP contribution in [0.15, 0.2) is 96.6 Å². The molecule has 35 heavy (non-hydrogen) atoms. The Kier molecular flexibility index (Phi) is 5.26. The zero-order chi connectivity index (χ0) is 24.7. The Balaban J connectivity index is 2.01. The van der Waals surface area contributed by atoms with Crippen LogP contribution in [0.2, 0.25) is 0 Å². The number of hydrogen-bond acceptors (Lipinski definition) is 4. The Hall–Kier alpha value is -4.97. The second kappa shape index (κ2) is 8.43. The highest BCUT2D eigenvalue weighted by molar-refractivity contribution is 6.30. The number of carboxylic acid groups (broad SMARTS) is 2. The number of carbonyl (C=O) groups excluding carboxylic acids is 1. The van der Waals surface area contributed by atoms with Gasteiger partial charge in [0, 0.05) is 10.9 Å². The number of rotatable bonds is 4. The number of phenols is 1. The van der Waals surface area contributed by atoms with Crippen LogP contribution in [0.4, 0.5) is 0 Å². The van der Waals surface area contributed by atoms with E-state index in [4.69, 9.17) is 0 Å². The number of aromatic hydroxyl groups is 1. The fraction of sp³-hybridized carbons (Fsp3) is 0. The summed E-state index contributed by atoms with van der Waals surface area (Å²) in [5.74, 6) is -3.59. The second-order valence-electron chi connectivity index (χ2n) is 8.06. The van der Waals surface area contributed by atoms with E-state index in [-0.39, 0.29) is 22.4 Å². The van der Waals surface area contributed by atoms with Gasteiger partial charge in [-0.2, -0.15) is 0 Å². The molecule has 1 aliphatic rings. The van der Waals surface area contributed by atoms with Crippen LogP contribution in [0, 0.1) is 0 Å². The summed E-state index contributed by atoms with van der Waals surface area (Å²) in [4.78, 5) is 36.9. The van der Waals surface area contributed by atoms with Gasteiger partial charge in [0.25, 0.3) is 0 Å². The smallest absolute Gasteiger partial charge is 0.339 e. The molecule has 0 unspecified atom stereocenters. The normalized spacial score (nSPS) is 14.3. The molecule has 0 aliphatic heterocycles. The van der Waals surface area contributed by atoms with Crippen LogP contribution in [0.3, 0.4) is 0 Å². The van der Waals surface area contributed by atoms with E-state index < -0.39 is 17.7 Å². The third-order valence-corrected chi connectivity index (χ3v) is 6.07. The van der Waals surface area contributed by atoms with E-state index in [2.05, 4.69) is 0 Å². The lowest BCUT2D eigenvalue weighted by molar-refractivity contribution is -0.132. The molecule has 0 spiro atoms. The molecule has 0 fully saturated rings. The number of carboxylic acids is 2. The molecule has 0 aromatic heterocycles. The third-order valence-electron chi connectivity index (χ3n) is 6.07. The van der Waals surface area contributed by atoms with Crippen LogP contribution >= 0.6 is 0 Å². The van der Waals surface area contributed by atoms with E-state index in [0.29, 0.717) is 38.6 Å². The average molecular weight is 462 g/mol. The van der Waals surface area contributed by atoms with Crippen molar-refractivity contribution in [3.63, 3.8) is 0 Å². The van der Waals surface area contributed by atoms with Crippen LogP contribution in [0.5, 0.6) is 5.75 Å². The molecule has 0 radical (unpaired) electrons. The quantitative estimate of drug-likeness (QED) is 0.350. The predicted octanol–water partition coefficient (Wildman–Crippen LogP) is 5.41. The standard InChI is InChI=1S/C29H18O6/c30-26-19-12-6-4-10-17(19)21(14-23(26)28(32)33)25(16-8-2-1-3-9-16)22-15-24(29(34)35)27(31)20-13-7-5-11-18(20)22/h1-15,30H,(H,32,33)(H,34,35). The highest BCUT2D eigenvalue weighted by Gasteiger charge is 2.30. The molecule has 1 aliphatic carbocycles. The SMILES string of the molecule is O=C(O)C1=CC(=C(c2ccccc2)c2cc(C(=O)O)c(O)c3ccccc23)c2ccccc2C1=O. The van der Waals surface area contributed by atoms with Crippen molar-refractivity contribution in [1.29, 1.82) is 0 Å². The Morgan fingerprint density at radius 3 is 1.91 bits per heavy atom. The number of benzene rings is 4. The van der Waals surface area contributed by atoms with Crippen molar-refractivity contribution in [3.8, 4) is 5.75 Å². The average Bonchev–Trinajstić information content (AvgIpc) is 2.87. The van der Waals surface area contributed by atoms with Gasteiger partial charge in [0.2, 0.25) is 5.78 Å². The molecule has 5 rings (SSSR count). The Morgan fingerprint density at radius 2 is 1.26 bits per heavy atom. The van der Waals surface area contributed by atoms with Gasteiger partial charge < -0.3 is 15.3 Å². The monoisotopic (exact) mass is 462 g/mol. The number of ketones is 1. The number of allylic oxidation sites excluding steroid dienone is 2. The first kappa shape index (κ1) is 21.9. The summed E-state index contributed by atoms with van der Waals surface area (Å²) < 4.78 is 0. The number of aromatic carboxylic acids is 1. The fourth-order valence-corrected chi connectivity index (χ4v) is 4.51. The number of hydrogen-bond donors (Lipinski definition) is 3. The predicted molar refractivity (Wildman–Crippen MR) is 131 cm³/mol. The lowest BCUT2D eigenvalue weighted by Crippen LogP contribution is -2.18. The lowest BCUT2D eigenvalue weighted by atomic mass is 9.80. The molecule has 0 saturated carbocycles. The highest BCUT2D eigenvalue weighted by atomic mass is 16.4. The van der Waals surface area contributed by atoms with E-state index >= 15 is 0 Å². The Bertz CT molecular complexity index is 1610. The summed E-state index contributed by atoms with van der Waals surface area (Å²) in [6.07, 6.45) is 1.34. The van der Waals surface area contributed by atoms with Crippen molar-refractivity contribution < 1.29 is 29.7 Å². The molecule has 170 valence electrons. The van der Waals surface area contributed by atoms with Gasteiger partial charge in [0.05, 0.1) is 0 Å². The summed E-state index contributed by atoms with van der Waals surface area (Å²) in [7, 11) is 0. The van der Waals surface area contributed by atoms with E-state index in [1.165, 1.54) is 12.1 Å². The Labute approximate surface area is 199 Å². The first-order chi connectivity index (χ1) is 16.9. The summed E-state index contributed by atoms with van der Waals surface area (Å²) in [5.41, 5.74) is 2.32. The minimum absolute atomic E-state index is 0.248. The molecule has 0 bridgehead atoms. The van der Waals surface area contributed by atoms with Gasteiger partial charge in [-0.1, -0.05) is 78.9 Å². The first-order valence-electron chi connectivity index (χ1n) is 10.8. The van der Waals surface area contributed by atoms with Crippen molar-refractivity contribution in [3.05, 3.63) is 124 Å². The molecule has 0 amide bonds. The number of carbonyl (C=O) groups is 3. The van der Waals surface area contributed by atoms with Crippen molar-refractivity contribution in [2.75, 3.05) is 0 Å². The third kappa shape index (κ3) is 3.57. The van der Waals surface area contributed by atoms with Gasteiger partial charge in [0.15, 0.2) is 0 Å². The second-order valence-corrected chi connectivity index (χ2v) is 8.06. The summed E-state index contributed by atoms with van der Waals surface area (Å²) >= 11 is 0. The van der Waals surface area contributed by atoms with Crippen LogP contribution < -0.4 is 0 Å². The fourth-order valence-electron chi connectivity index (χ4n) is 4.51. The van der Waals surface area contributed by atoms with Gasteiger partial charge in [-0.05, 0) is 45.4 Å². The maximum atomic E-state index is 12.9. The maximum absolute atomic E-state index is 12.9. The summed E-state index contributed by atoms with van der Waals surface area (Å²) in [6, 6.07) is 24.1. The van der Waals surface area contributed by atoms with Crippen LogP contribution in [-0.4, -0.2) is 33.0 Å². The summed E-state index contributed by atoms with van der Waals surface area (Å²) in [6.45, 7) is 0. The van der Waals surface area contributed by atoms with E-state index in [1.807, 2.05) is 30.3 Å². The van der Waals surface area contributed by atoms with Gasteiger partial charge >= 0.3 is 11.9 Å². The zero-order valence-corrected chi connectivity index (χ0v) is 18.2. The molecule has 0 heterocycles. The molecule has 3 N–H and O–H groups in total. The number of fused-ring (bicyclic) bond motifs is 2. The maximum Gasteiger partial charge on any atom is 0.339 e. The van der Waals surface area contributed by atoms with E-state index in [0.717, 1.165) is 0 Å². The van der Waals surface area contributed by atoms with Gasteiger partial charge in [-0.3, -0.25) is 4.79 Å². The topological polar surface area (TPSA) is 112 Å². The van der Waals surface area contributed by atoms with Crippen LogP contribution in [-0.2, 0) is 4.79 Å².